The van der Waals surface area contributed by atoms with E-state index < -0.39 is 0 Å². The fourth-order valence-corrected chi connectivity index (χ4v) is 3.62. The first-order valence-corrected chi connectivity index (χ1v) is 10.4. The molecule has 0 aliphatic heterocycles. The topological polar surface area (TPSA) is 78.3 Å². The first kappa shape index (κ1) is 20.7. The largest absolute Gasteiger partial charge is 0.497 e. The summed E-state index contributed by atoms with van der Waals surface area (Å²) in [6.45, 7) is 5.23. The zero-order valence-corrected chi connectivity index (χ0v) is 17.5. The minimum atomic E-state index is -0.109. The molecule has 0 spiro atoms. The lowest BCUT2D eigenvalue weighted by Crippen LogP contribution is -2.14. The molecule has 1 amide bonds. The minimum Gasteiger partial charge on any atom is -0.497 e. The average Bonchev–Trinajstić information content (AvgIpc) is 3.16. The second-order valence-electron chi connectivity index (χ2n) is 6.04. The van der Waals surface area contributed by atoms with E-state index >= 15 is 0 Å². The summed E-state index contributed by atoms with van der Waals surface area (Å²) in [4.78, 5) is 12.3. The average molecular weight is 413 g/mol. The third-order valence-corrected chi connectivity index (χ3v) is 5.13. The van der Waals surface area contributed by atoms with Gasteiger partial charge in [-0.1, -0.05) is 23.9 Å². The highest BCUT2D eigenvalue weighted by atomic mass is 32.2. The van der Waals surface area contributed by atoms with Crippen LogP contribution in [-0.2, 0) is 11.3 Å². The highest BCUT2D eigenvalue weighted by Gasteiger charge is 2.17. The van der Waals surface area contributed by atoms with Crippen molar-refractivity contribution < 1.29 is 14.3 Å². The maximum Gasteiger partial charge on any atom is 0.234 e. The number of para-hydroxylation sites is 1. The molecule has 0 bridgehead atoms. The Kier molecular flexibility index (Phi) is 7.13. The number of carbonyl (C=O) groups excluding carboxylic acids is 1. The van der Waals surface area contributed by atoms with Crippen molar-refractivity contribution in [3.63, 3.8) is 0 Å². The first-order valence-electron chi connectivity index (χ1n) is 9.38. The highest BCUT2D eigenvalue weighted by molar-refractivity contribution is 7.99. The zero-order valence-electron chi connectivity index (χ0n) is 16.7. The molecule has 0 atom stereocenters. The number of hydrogen-bond acceptors (Lipinski definition) is 6. The Morgan fingerprint density at radius 1 is 1.10 bits per heavy atom. The number of hydrogen-bond donors (Lipinski definition) is 1. The van der Waals surface area contributed by atoms with E-state index in [-0.39, 0.29) is 11.7 Å². The summed E-state index contributed by atoms with van der Waals surface area (Å²) in [6.07, 6.45) is 0. The van der Waals surface area contributed by atoms with Crippen LogP contribution in [0.4, 0.5) is 5.69 Å². The molecule has 1 heterocycles. The Hall–Kier alpha value is -3.00. The summed E-state index contributed by atoms with van der Waals surface area (Å²) in [6, 6.07) is 15.0. The van der Waals surface area contributed by atoms with Crippen molar-refractivity contribution in [1.82, 2.24) is 14.8 Å². The molecular formula is C21H24N4O3S. The monoisotopic (exact) mass is 412 g/mol. The molecule has 8 heteroatoms. The van der Waals surface area contributed by atoms with Crippen LogP contribution in [0.2, 0.25) is 0 Å². The van der Waals surface area contributed by atoms with Gasteiger partial charge in [0.25, 0.3) is 0 Å². The Labute approximate surface area is 174 Å². The van der Waals surface area contributed by atoms with Gasteiger partial charge in [0.1, 0.15) is 11.5 Å². The van der Waals surface area contributed by atoms with Gasteiger partial charge in [-0.25, -0.2) is 0 Å². The van der Waals surface area contributed by atoms with Gasteiger partial charge < -0.3 is 19.4 Å². The lowest BCUT2D eigenvalue weighted by Gasteiger charge is -2.11. The minimum absolute atomic E-state index is 0.109. The van der Waals surface area contributed by atoms with Gasteiger partial charge in [-0.3, -0.25) is 4.79 Å². The van der Waals surface area contributed by atoms with Gasteiger partial charge in [0.2, 0.25) is 5.91 Å². The van der Waals surface area contributed by atoms with Crippen LogP contribution in [0.3, 0.4) is 0 Å². The number of anilines is 1. The van der Waals surface area contributed by atoms with E-state index in [1.807, 2.05) is 42.7 Å². The van der Waals surface area contributed by atoms with Crippen LogP contribution in [0.25, 0.3) is 11.4 Å². The first-order chi connectivity index (χ1) is 14.2. The Morgan fingerprint density at radius 2 is 1.86 bits per heavy atom. The number of benzene rings is 2. The van der Waals surface area contributed by atoms with E-state index in [1.54, 1.807) is 31.4 Å². The maximum atomic E-state index is 12.3. The number of nitrogens with zero attached hydrogens (tertiary/aromatic N) is 3. The number of rotatable bonds is 9. The molecule has 3 aromatic rings. The van der Waals surface area contributed by atoms with Crippen LogP contribution in [0.15, 0.2) is 53.7 Å². The van der Waals surface area contributed by atoms with E-state index in [0.29, 0.717) is 18.3 Å². The smallest absolute Gasteiger partial charge is 0.234 e. The molecule has 3 rings (SSSR count). The maximum absolute atomic E-state index is 12.3. The van der Waals surface area contributed by atoms with Crippen molar-refractivity contribution in [3.05, 3.63) is 48.5 Å². The summed E-state index contributed by atoms with van der Waals surface area (Å²) >= 11 is 1.35. The summed E-state index contributed by atoms with van der Waals surface area (Å²) in [5.74, 6) is 2.37. The third kappa shape index (κ3) is 5.08. The second kappa shape index (κ2) is 9.97. The Morgan fingerprint density at radius 3 is 2.55 bits per heavy atom. The van der Waals surface area contributed by atoms with Crippen LogP contribution in [0.1, 0.15) is 13.8 Å². The molecule has 0 unspecified atom stereocenters. The molecule has 0 aliphatic rings. The number of carbonyl (C=O) groups is 1. The molecule has 7 nitrogen and oxygen atoms in total. The van der Waals surface area contributed by atoms with Crippen molar-refractivity contribution >= 4 is 23.4 Å². The van der Waals surface area contributed by atoms with Crippen LogP contribution in [0, 0.1) is 0 Å². The molecule has 152 valence electrons. The summed E-state index contributed by atoms with van der Waals surface area (Å²) in [7, 11) is 1.61. The van der Waals surface area contributed by atoms with Gasteiger partial charge in [-0.2, -0.15) is 0 Å². The number of amides is 1. The van der Waals surface area contributed by atoms with E-state index in [1.165, 1.54) is 11.8 Å². The van der Waals surface area contributed by atoms with Gasteiger partial charge in [0.15, 0.2) is 11.0 Å². The van der Waals surface area contributed by atoms with E-state index in [9.17, 15) is 4.79 Å². The molecule has 0 fully saturated rings. The Bertz CT molecular complexity index is 957. The molecule has 1 N–H and O–H groups in total. The summed E-state index contributed by atoms with van der Waals surface area (Å²) < 4.78 is 12.8. The van der Waals surface area contributed by atoms with Gasteiger partial charge >= 0.3 is 0 Å². The predicted molar refractivity (Wildman–Crippen MR) is 115 cm³/mol. The molecule has 0 aliphatic carbocycles. The standard InChI is InChI=1S/C21H24N4O3S/c1-4-25-20(17-8-6-7-9-18(17)28-5-2)23-24-21(25)29-14-19(26)22-15-10-12-16(27-3)13-11-15/h6-13H,4-5,14H2,1-3H3,(H,22,26). The van der Waals surface area contributed by atoms with Crippen LogP contribution >= 0.6 is 11.8 Å². The van der Waals surface area contributed by atoms with Gasteiger partial charge in [0.05, 0.1) is 25.0 Å². The van der Waals surface area contributed by atoms with Gasteiger partial charge in [-0.05, 0) is 50.2 Å². The fourth-order valence-electron chi connectivity index (χ4n) is 2.81. The van der Waals surface area contributed by atoms with E-state index in [4.69, 9.17) is 9.47 Å². The molecule has 29 heavy (non-hydrogen) atoms. The summed E-state index contributed by atoms with van der Waals surface area (Å²) in [5.41, 5.74) is 1.61. The quantitative estimate of drug-likeness (QED) is 0.533. The fraction of sp³-hybridized carbons (Fsp3) is 0.286. The van der Waals surface area contributed by atoms with Crippen molar-refractivity contribution in [3.8, 4) is 22.9 Å². The third-order valence-electron chi connectivity index (χ3n) is 4.17. The number of methoxy groups -OCH3 is 1. The van der Waals surface area contributed by atoms with Crippen LogP contribution in [-0.4, -0.2) is 40.1 Å². The number of aromatic nitrogens is 3. The van der Waals surface area contributed by atoms with Crippen molar-refractivity contribution in [2.45, 2.75) is 25.5 Å². The second-order valence-corrected chi connectivity index (χ2v) is 6.99. The van der Waals surface area contributed by atoms with Crippen molar-refractivity contribution in [2.75, 3.05) is 24.8 Å². The van der Waals surface area contributed by atoms with E-state index in [2.05, 4.69) is 15.5 Å². The molecule has 2 aromatic carbocycles. The molecule has 0 radical (unpaired) electrons. The Balaban J connectivity index is 1.69. The van der Waals surface area contributed by atoms with Gasteiger partial charge in [0, 0.05) is 12.2 Å². The SMILES string of the molecule is CCOc1ccccc1-c1nnc(SCC(=O)Nc2ccc(OC)cc2)n1CC. The van der Waals surface area contributed by atoms with E-state index in [0.717, 1.165) is 28.6 Å². The molecule has 1 aromatic heterocycles. The number of nitrogens with one attached hydrogen (secondary N) is 1. The van der Waals surface area contributed by atoms with Crippen LogP contribution in [0.5, 0.6) is 11.5 Å². The van der Waals surface area contributed by atoms with Crippen molar-refractivity contribution in [1.29, 1.82) is 0 Å². The lowest BCUT2D eigenvalue weighted by atomic mass is 10.2. The molecule has 0 saturated carbocycles. The molecule has 0 saturated heterocycles. The highest BCUT2D eigenvalue weighted by Crippen LogP contribution is 2.31. The molecular weight excluding hydrogens is 388 g/mol. The zero-order chi connectivity index (χ0) is 20.6. The lowest BCUT2D eigenvalue weighted by molar-refractivity contribution is -0.113. The van der Waals surface area contributed by atoms with Crippen molar-refractivity contribution in [2.24, 2.45) is 0 Å². The number of thioether (sulfide) groups is 1. The number of ether oxygens (including phenoxy) is 2. The normalized spacial score (nSPS) is 10.6. The van der Waals surface area contributed by atoms with Gasteiger partial charge in [-0.15, -0.1) is 10.2 Å². The summed E-state index contributed by atoms with van der Waals surface area (Å²) in [5, 5.41) is 12.2. The van der Waals surface area contributed by atoms with Crippen LogP contribution < -0.4 is 14.8 Å². The predicted octanol–water partition coefficient (Wildman–Crippen LogP) is 4.10.